The van der Waals surface area contributed by atoms with E-state index in [1.54, 1.807) is 55.4 Å². The third kappa shape index (κ3) is 7.32. The molecule has 1 aliphatic carbocycles. The van der Waals surface area contributed by atoms with Crippen LogP contribution in [-0.4, -0.2) is 60.1 Å². The fourth-order valence-electron chi connectivity index (χ4n) is 3.92. The molecule has 2 aromatic carbocycles. The van der Waals surface area contributed by atoms with Crippen molar-refractivity contribution in [3.8, 4) is 0 Å². The lowest BCUT2D eigenvalue weighted by Crippen LogP contribution is -2.43. The number of hydrogen-bond acceptors (Lipinski definition) is 5. The van der Waals surface area contributed by atoms with Gasteiger partial charge < -0.3 is 14.5 Å². The quantitative estimate of drug-likeness (QED) is 0.385. The Kier molecular flexibility index (Phi) is 9.51. The third-order valence-corrected chi connectivity index (χ3v) is 6.94. The third-order valence-electron chi connectivity index (χ3n) is 5.89. The molecule has 1 aliphatic rings. The molecule has 0 atom stereocenters. The molecule has 0 aliphatic heterocycles. The molecule has 34 heavy (non-hydrogen) atoms. The van der Waals surface area contributed by atoms with Gasteiger partial charge in [-0.1, -0.05) is 43.5 Å². The summed E-state index contributed by atoms with van der Waals surface area (Å²) in [7, 11) is 3.36. The van der Waals surface area contributed by atoms with Gasteiger partial charge in [0.1, 0.15) is 5.82 Å². The molecule has 0 radical (unpaired) electrons. The Morgan fingerprint density at radius 3 is 2.32 bits per heavy atom. The van der Waals surface area contributed by atoms with Gasteiger partial charge in [0, 0.05) is 31.6 Å². The van der Waals surface area contributed by atoms with Gasteiger partial charge in [0.05, 0.1) is 11.3 Å². The summed E-state index contributed by atoms with van der Waals surface area (Å²) in [4.78, 5) is 41.8. The van der Waals surface area contributed by atoms with Crippen molar-refractivity contribution in [1.82, 2.24) is 9.80 Å². The maximum Gasteiger partial charge on any atom is 0.339 e. The van der Waals surface area contributed by atoms with Crippen LogP contribution in [0.1, 0.15) is 48.0 Å². The van der Waals surface area contributed by atoms with Crippen molar-refractivity contribution < 1.29 is 23.5 Å². The molecule has 182 valence electrons. The minimum absolute atomic E-state index is 0.0627. The number of esters is 1. The van der Waals surface area contributed by atoms with E-state index in [1.807, 2.05) is 0 Å². The Labute approximate surface area is 204 Å². The van der Waals surface area contributed by atoms with Gasteiger partial charge in [-0.15, -0.1) is 11.8 Å². The lowest BCUT2D eigenvalue weighted by atomic mass is 9.93. The highest BCUT2D eigenvalue weighted by Crippen LogP contribution is 2.26. The van der Waals surface area contributed by atoms with Crippen molar-refractivity contribution in [2.24, 2.45) is 0 Å². The number of hydrogen-bond donors (Lipinski definition) is 0. The number of ether oxygens (including phenoxy) is 1. The van der Waals surface area contributed by atoms with Crippen LogP contribution in [0, 0.1) is 5.82 Å². The van der Waals surface area contributed by atoms with Crippen molar-refractivity contribution in [3.05, 3.63) is 65.5 Å². The van der Waals surface area contributed by atoms with E-state index in [0.29, 0.717) is 17.0 Å². The van der Waals surface area contributed by atoms with Crippen molar-refractivity contribution in [1.29, 1.82) is 0 Å². The fourth-order valence-corrected chi connectivity index (χ4v) is 4.94. The minimum Gasteiger partial charge on any atom is -0.452 e. The Balaban J connectivity index is 1.66. The SMILES string of the molecule is CN(C)C(=O)CSc1ccccc1C(=O)OCC(=O)N(Cc1ccc(F)cc1)C1CCCCC1. The molecule has 8 heteroatoms. The molecular formula is C26H31FN2O4S. The van der Waals surface area contributed by atoms with E-state index in [0.717, 1.165) is 37.7 Å². The largest absolute Gasteiger partial charge is 0.452 e. The molecule has 6 nitrogen and oxygen atoms in total. The number of benzene rings is 2. The molecule has 0 spiro atoms. The zero-order valence-electron chi connectivity index (χ0n) is 19.7. The second-order valence-electron chi connectivity index (χ2n) is 8.59. The van der Waals surface area contributed by atoms with E-state index in [9.17, 15) is 18.8 Å². The summed E-state index contributed by atoms with van der Waals surface area (Å²) >= 11 is 1.26. The van der Waals surface area contributed by atoms with Crippen LogP contribution in [0.2, 0.25) is 0 Å². The number of carbonyl (C=O) groups is 3. The highest BCUT2D eigenvalue weighted by molar-refractivity contribution is 8.00. The molecule has 3 rings (SSSR count). The van der Waals surface area contributed by atoms with Gasteiger partial charge in [0.25, 0.3) is 5.91 Å². The molecular weight excluding hydrogens is 455 g/mol. The molecule has 2 amide bonds. The standard InChI is InChI=1S/C26H31FN2O4S/c1-28(2)25(31)18-34-23-11-7-6-10-22(23)26(32)33-17-24(30)29(21-8-4-3-5-9-21)16-19-12-14-20(27)15-13-19/h6-7,10-15,21H,3-5,8-9,16-18H2,1-2H3. The van der Waals surface area contributed by atoms with Crippen LogP contribution in [0.15, 0.2) is 53.4 Å². The predicted octanol–water partition coefficient (Wildman–Crippen LogP) is 4.52. The van der Waals surface area contributed by atoms with E-state index >= 15 is 0 Å². The monoisotopic (exact) mass is 486 g/mol. The Morgan fingerprint density at radius 2 is 1.65 bits per heavy atom. The topological polar surface area (TPSA) is 66.9 Å². The first-order valence-corrected chi connectivity index (χ1v) is 12.5. The minimum atomic E-state index is -0.598. The Bertz CT molecular complexity index is 991. The summed E-state index contributed by atoms with van der Waals surface area (Å²) in [5.41, 5.74) is 1.16. The van der Waals surface area contributed by atoms with Gasteiger partial charge in [0.15, 0.2) is 6.61 Å². The van der Waals surface area contributed by atoms with Gasteiger partial charge in [-0.05, 0) is 42.7 Å². The first-order chi connectivity index (χ1) is 16.3. The van der Waals surface area contributed by atoms with Gasteiger partial charge in [-0.2, -0.15) is 0 Å². The summed E-state index contributed by atoms with van der Waals surface area (Å²) < 4.78 is 18.7. The highest BCUT2D eigenvalue weighted by atomic mass is 32.2. The number of rotatable bonds is 9. The van der Waals surface area contributed by atoms with Crippen LogP contribution >= 0.6 is 11.8 Å². The van der Waals surface area contributed by atoms with Crippen molar-refractivity contribution in [2.75, 3.05) is 26.5 Å². The first-order valence-electron chi connectivity index (χ1n) is 11.5. The predicted molar refractivity (Wildman–Crippen MR) is 130 cm³/mol. The van der Waals surface area contributed by atoms with Gasteiger partial charge in [-0.25, -0.2) is 9.18 Å². The molecule has 0 heterocycles. The summed E-state index contributed by atoms with van der Waals surface area (Å²) in [6.45, 7) is -0.0213. The normalized spacial score (nSPS) is 13.9. The molecule has 0 saturated heterocycles. The van der Waals surface area contributed by atoms with Crippen molar-refractivity contribution in [3.63, 3.8) is 0 Å². The lowest BCUT2D eigenvalue weighted by Gasteiger charge is -2.34. The zero-order chi connectivity index (χ0) is 24.5. The highest BCUT2D eigenvalue weighted by Gasteiger charge is 2.27. The smallest absolute Gasteiger partial charge is 0.339 e. The maximum atomic E-state index is 13.3. The van der Waals surface area contributed by atoms with Gasteiger partial charge in [0.2, 0.25) is 5.91 Å². The number of thioether (sulfide) groups is 1. The number of nitrogens with zero attached hydrogens (tertiary/aromatic N) is 2. The summed E-state index contributed by atoms with van der Waals surface area (Å²) in [6.07, 6.45) is 5.05. The summed E-state index contributed by atoms with van der Waals surface area (Å²) in [6, 6.07) is 13.1. The van der Waals surface area contributed by atoms with E-state index in [4.69, 9.17) is 4.74 Å². The molecule has 1 saturated carbocycles. The number of carbonyl (C=O) groups excluding carboxylic acids is 3. The van der Waals surface area contributed by atoms with E-state index in [2.05, 4.69) is 0 Å². The average Bonchev–Trinajstić information content (AvgIpc) is 2.85. The summed E-state index contributed by atoms with van der Waals surface area (Å²) in [5, 5.41) is 0. The van der Waals surface area contributed by atoms with Crippen LogP contribution < -0.4 is 0 Å². The molecule has 0 N–H and O–H groups in total. The average molecular weight is 487 g/mol. The van der Waals surface area contributed by atoms with Gasteiger partial charge in [-0.3, -0.25) is 9.59 Å². The number of amides is 2. The second kappa shape index (κ2) is 12.6. The lowest BCUT2D eigenvalue weighted by molar-refractivity contribution is -0.138. The van der Waals surface area contributed by atoms with E-state index < -0.39 is 5.97 Å². The zero-order valence-corrected chi connectivity index (χ0v) is 20.5. The van der Waals surface area contributed by atoms with Crippen molar-refractivity contribution >= 4 is 29.5 Å². The van der Waals surface area contributed by atoms with Crippen LogP contribution in [-0.2, 0) is 20.9 Å². The summed E-state index contributed by atoms with van der Waals surface area (Å²) in [5.74, 6) is -1.05. The molecule has 0 unspecified atom stereocenters. The van der Waals surface area contributed by atoms with Crippen LogP contribution in [0.25, 0.3) is 0 Å². The fraction of sp³-hybridized carbons (Fsp3) is 0.423. The Hall–Kier alpha value is -2.87. The van der Waals surface area contributed by atoms with Crippen LogP contribution in [0.3, 0.4) is 0 Å². The number of halogens is 1. The van der Waals surface area contributed by atoms with Crippen molar-refractivity contribution in [2.45, 2.75) is 49.6 Å². The van der Waals surface area contributed by atoms with E-state index in [-0.39, 0.29) is 36.0 Å². The molecule has 0 aromatic heterocycles. The maximum absolute atomic E-state index is 13.3. The first kappa shape index (κ1) is 25.7. The molecule has 1 fully saturated rings. The molecule has 2 aromatic rings. The Morgan fingerprint density at radius 1 is 0.971 bits per heavy atom. The van der Waals surface area contributed by atoms with E-state index in [1.165, 1.54) is 28.8 Å². The van der Waals surface area contributed by atoms with Gasteiger partial charge >= 0.3 is 5.97 Å². The van der Waals surface area contributed by atoms with Crippen LogP contribution in [0.5, 0.6) is 0 Å². The molecule has 0 bridgehead atoms. The second-order valence-corrected chi connectivity index (χ2v) is 9.61. The van der Waals surface area contributed by atoms with Crippen LogP contribution in [0.4, 0.5) is 4.39 Å².